The first-order valence-electron chi connectivity index (χ1n) is 2.22. The van der Waals surface area contributed by atoms with Crippen LogP contribution in [0.3, 0.4) is 0 Å². The number of halogens is 1. The van der Waals surface area contributed by atoms with E-state index in [1.165, 1.54) is 0 Å². The quantitative estimate of drug-likeness (QED) is 0.470. The lowest BCUT2D eigenvalue weighted by molar-refractivity contribution is 0.657. The van der Waals surface area contributed by atoms with Crippen molar-refractivity contribution in [3.8, 4) is 0 Å². The Morgan fingerprint density at radius 2 is 1.67 bits per heavy atom. The zero-order chi connectivity index (χ0) is 4.99. The summed E-state index contributed by atoms with van der Waals surface area (Å²) < 4.78 is 1.72. The van der Waals surface area contributed by atoms with Gasteiger partial charge in [0.2, 0.25) is 11.8 Å². The van der Waals surface area contributed by atoms with Crippen LogP contribution in [-0.4, -0.2) is 13.1 Å². The van der Waals surface area contributed by atoms with Gasteiger partial charge < -0.3 is 0 Å². The first kappa shape index (κ1) is 6.25. The molecular formula is C4H10ClN+. The fourth-order valence-corrected chi connectivity index (χ4v) is 0.224. The second-order valence-corrected chi connectivity index (χ2v) is 1.57. The van der Waals surface area contributed by atoms with Gasteiger partial charge in [-0.1, -0.05) is 4.42 Å². The van der Waals surface area contributed by atoms with Crippen molar-refractivity contribution >= 4 is 11.8 Å². The van der Waals surface area contributed by atoms with E-state index in [-0.39, 0.29) is 0 Å². The summed E-state index contributed by atoms with van der Waals surface area (Å²) in [6.07, 6.45) is 0. The van der Waals surface area contributed by atoms with Crippen molar-refractivity contribution in [2.75, 3.05) is 13.1 Å². The van der Waals surface area contributed by atoms with Crippen LogP contribution < -0.4 is 4.42 Å². The summed E-state index contributed by atoms with van der Waals surface area (Å²) in [5.41, 5.74) is 0. The minimum atomic E-state index is 0.929. The standard InChI is InChI=1S/C4H10ClN/c1-3-6(5)4-2/h3-4H2,1-2H3/q+1. The van der Waals surface area contributed by atoms with E-state index < -0.39 is 0 Å². The molecule has 0 aliphatic carbocycles. The highest BCUT2D eigenvalue weighted by molar-refractivity contribution is 6.15. The first-order chi connectivity index (χ1) is 2.81. The van der Waals surface area contributed by atoms with E-state index in [4.69, 9.17) is 11.8 Å². The van der Waals surface area contributed by atoms with Crippen LogP contribution in [-0.2, 0) is 0 Å². The van der Waals surface area contributed by atoms with E-state index in [0.717, 1.165) is 13.1 Å². The van der Waals surface area contributed by atoms with Gasteiger partial charge in [-0.3, -0.25) is 0 Å². The molecule has 0 N–H and O–H groups in total. The minimum Gasteiger partial charge on any atom is -0.0587 e. The average Bonchev–Trinajstić information content (AvgIpc) is 1.65. The maximum Gasteiger partial charge on any atom is 0.225 e. The molecule has 0 unspecified atom stereocenters. The van der Waals surface area contributed by atoms with Gasteiger partial charge in [0, 0.05) is 0 Å². The van der Waals surface area contributed by atoms with Gasteiger partial charge in [-0.2, -0.15) is 0 Å². The van der Waals surface area contributed by atoms with Crippen LogP contribution in [0.15, 0.2) is 0 Å². The molecule has 2 heteroatoms. The van der Waals surface area contributed by atoms with Crippen LogP contribution in [0.2, 0.25) is 0 Å². The third-order valence-corrected chi connectivity index (χ3v) is 1.16. The Bertz CT molecular complexity index is 26.7. The third-order valence-electron chi connectivity index (χ3n) is 0.686. The molecule has 0 aliphatic rings. The van der Waals surface area contributed by atoms with E-state index in [1.807, 2.05) is 13.8 Å². The number of hydrogen-bond acceptors (Lipinski definition) is 1. The van der Waals surface area contributed by atoms with Crippen LogP contribution >= 0.6 is 11.8 Å². The largest absolute Gasteiger partial charge is 0.225 e. The van der Waals surface area contributed by atoms with E-state index in [2.05, 4.69) is 0 Å². The van der Waals surface area contributed by atoms with Crippen molar-refractivity contribution in [1.82, 2.24) is 4.42 Å². The van der Waals surface area contributed by atoms with Crippen molar-refractivity contribution in [2.45, 2.75) is 13.8 Å². The van der Waals surface area contributed by atoms with E-state index >= 15 is 0 Å². The Labute approximate surface area is 44.0 Å². The molecule has 0 saturated carbocycles. The molecule has 0 saturated heterocycles. The predicted octanol–water partition coefficient (Wildman–Crippen LogP) is 1.32. The van der Waals surface area contributed by atoms with Crippen LogP contribution in [0.25, 0.3) is 0 Å². The van der Waals surface area contributed by atoms with Gasteiger partial charge in [0.05, 0.1) is 0 Å². The lowest BCUT2D eigenvalue weighted by Gasteiger charge is -1.88. The van der Waals surface area contributed by atoms with Crippen molar-refractivity contribution in [2.24, 2.45) is 0 Å². The number of nitrogens with zero attached hydrogens (tertiary/aromatic N) is 1. The van der Waals surface area contributed by atoms with Crippen molar-refractivity contribution < 1.29 is 0 Å². The molecular weight excluding hydrogens is 97.5 g/mol. The van der Waals surface area contributed by atoms with Crippen LogP contribution in [0.4, 0.5) is 0 Å². The van der Waals surface area contributed by atoms with Gasteiger partial charge >= 0.3 is 0 Å². The maximum absolute atomic E-state index is 5.48. The Kier molecular flexibility index (Phi) is 3.58. The molecule has 37 valence electrons. The molecule has 1 radical (unpaired) electrons. The Balaban J connectivity index is 2.75. The summed E-state index contributed by atoms with van der Waals surface area (Å²) in [5, 5.41) is 0. The molecule has 1 nitrogen and oxygen atoms in total. The van der Waals surface area contributed by atoms with Crippen molar-refractivity contribution in [1.29, 1.82) is 0 Å². The van der Waals surface area contributed by atoms with Gasteiger partial charge in [0.25, 0.3) is 0 Å². The van der Waals surface area contributed by atoms with E-state index in [9.17, 15) is 0 Å². The zero-order valence-electron chi connectivity index (χ0n) is 4.24. The molecule has 0 aromatic rings. The van der Waals surface area contributed by atoms with Crippen LogP contribution in [0, 0.1) is 0 Å². The molecule has 0 aromatic heterocycles. The highest BCUT2D eigenvalue weighted by atomic mass is 35.5. The van der Waals surface area contributed by atoms with Crippen molar-refractivity contribution in [3.05, 3.63) is 0 Å². The number of rotatable bonds is 2. The Hall–Kier alpha value is 0.250. The summed E-state index contributed by atoms with van der Waals surface area (Å²) in [5.74, 6) is 0. The van der Waals surface area contributed by atoms with Crippen molar-refractivity contribution in [3.63, 3.8) is 0 Å². The lowest BCUT2D eigenvalue weighted by Crippen LogP contribution is -2.15. The van der Waals surface area contributed by atoms with E-state index in [0.29, 0.717) is 0 Å². The predicted molar refractivity (Wildman–Crippen MR) is 29.1 cm³/mol. The zero-order valence-corrected chi connectivity index (χ0v) is 5.00. The lowest BCUT2D eigenvalue weighted by atomic mass is 10.7. The maximum atomic E-state index is 5.48. The summed E-state index contributed by atoms with van der Waals surface area (Å²) >= 11 is 5.48. The Morgan fingerprint density at radius 1 is 1.33 bits per heavy atom. The molecule has 0 amide bonds. The molecule has 0 fully saturated rings. The topological polar surface area (TPSA) is 5.90 Å². The van der Waals surface area contributed by atoms with Crippen LogP contribution in [0.5, 0.6) is 0 Å². The molecule has 0 aromatic carbocycles. The SMILES string of the molecule is CC[N+](Cl)CC. The average molecular weight is 108 g/mol. The van der Waals surface area contributed by atoms with E-state index in [1.54, 1.807) is 4.42 Å². The fraction of sp³-hybridized carbons (Fsp3) is 1.00. The van der Waals surface area contributed by atoms with Gasteiger partial charge in [-0.05, 0) is 13.8 Å². The third kappa shape index (κ3) is 2.49. The summed E-state index contributed by atoms with van der Waals surface area (Å²) in [6.45, 7) is 5.91. The summed E-state index contributed by atoms with van der Waals surface area (Å²) in [4.78, 5) is 0. The second-order valence-electron chi connectivity index (χ2n) is 1.10. The molecule has 0 bridgehead atoms. The highest BCUT2D eigenvalue weighted by Gasteiger charge is 1.99. The highest BCUT2D eigenvalue weighted by Crippen LogP contribution is 1.82. The van der Waals surface area contributed by atoms with Gasteiger partial charge in [0.1, 0.15) is 13.1 Å². The fourth-order valence-electron chi connectivity index (χ4n) is 0.224. The van der Waals surface area contributed by atoms with Gasteiger partial charge in [-0.25, -0.2) is 0 Å². The van der Waals surface area contributed by atoms with Gasteiger partial charge in [0.15, 0.2) is 0 Å². The number of hydrogen-bond donors (Lipinski definition) is 0. The van der Waals surface area contributed by atoms with Gasteiger partial charge in [-0.15, -0.1) is 0 Å². The molecule has 0 heterocycles. The minimum absolute atomic E-state index is 0.929. The summed E-state index contributed by atoms with van der Waals surface area (Å²) in [6, 6.07) is 0. The molecule has 0 aliphatic heterocycles. The smallest absolute Gasteiger partial charge is 0.0587 e. The molecule has 0 atom stereocenters. The monoisotopic (exact) mass is 107 g/mol. The van der Waals surface area contributed by atoms with Crippen LogP contribution in [0.1, 0.15) is 13.8 Å². The first-order valence-corrected chi connectivity index (χ1v) is 2.55. The Morgan fingerprint density at radius 3 is 1.67 bits per heavy atom. The molecule has 0 spiro atoms. The normalized spacial score (nSPS) is 10.0. The second kappa shape index (κ2) is 3.44. The molecule has 6 heavy (non-hydrogen) atoms. The molecule has 0 rings (SSSR count). The summed E-state index contributed by atoms with van der Waals surface area (Å²) in [7, 11) is 0.